The number of carboxylic acids is 1. The van der Waals surface area contributed by atoms with E-state index in [0.29, 0.717) is 5.56 Å². The number of aromatic hydroxyl groups is 1. The van der Waals surface area contributed by atoms with Gasteiger partial charge < -0.3 is 15.3 Å². The summed E-state index contributed by atoms with van der Waals surface area (Å²) >= 11 is 0. The third kappa shape index (κ3) is 1.97. The molecule has 0 aliphatic rings. The third-order valence-electron chi connectivity index (χ3n) is 1.77. The normalized spacial score (nSPS) is 12.5. The summed E-state index contributed by atoms with van der Waals surface area (Å²) in [6.07, 6.45) is -1.53. The van der Waals surface area contributed by atoms with Crippen molar-refractivity contribution in [2.45, 2.75) is 13.0 Å². The molecule has 0 radical (unpaired) electrons. The molecule has 1 aromatic carbocycles. The summed E-state index contributed by atoms with van der Waals surface area (Å²) in [5, 5.41) is 26.8. The number of aliphatic hydroxyl groups is 1. The van der Waals surface area contributed by atoms with E-state index in [0.717, 1.165) is 0 Å². The minimum Gasteiger partial charge on any atom is -0.508 e. The fourth-order valence-electron chi connectivity index (χ4n) is 0.991. The molecule has 70 valence electrons. The first-order valence-electron chi connectivity index (χ1n) is 3.72. The van der Waals surface area contributed by atoms with E-state index in [9.17, 15) is 4.79 Å². The van der Waals surface area contributed by atoms with Crippen LogP contribution in [-0.4, -0.2) is 21.3 Å². The van der Waals surface area contributed by atoms with Gasteiger partial charge in [0.2, 0.25) is 0 Å². The molecule has 4 heteroatoms. The highest BCUT2D eigenvalue weighted by Crippen LogP contribution is 2.21. The van der Waals surface area contributed by atoms with Crippen molar-refractivity contribution in [3.05, 3.63) is 29.3 Å². The number of benzene rings is 1. The lowest BCUT2D eigenvalue weighted by Gasteiger charge is -2.07. The van der Waals surface area contributed by atoms with Gasteiger partial charge in [0.1, 0.15) is 5.75 Å². The zero-order valence-corrected chi connectivity index (χ0v) is 7.06. The Morgan fingerprint density at radius 2 is 2.08 bits per heavy atom. The highest BCUT2D eigenvalue weighted by Gasteiger charge is 2.15. The van der Waals surface area contributed by atoms with Crippen LogP contribution in [-0.2, 0) is 4.79 Å². The van der Waals surface area contributed by atoms with Gasteiger partial charge >= 0.3 is 5.97 Å². The van der Waals surface area contributed by atoms with Crippen molar-refractivity contribution in [1.29, 1.82) is 0 Å². The second-order valence-electron chi connectivity index (χ2n) is 2.79. The zero-order chi connectivity index (χ0) is 10.0. The van der Waals surface area contributed by atoms with Crippen LogP contribution in [0.15, 0.2) is 18.2 Å². The maximum absolute atomic E-state index is 10.4. The van der Waals surface area contributed by atoms with Crippen LogP contribution in [0.2, 0.25) is 0 Å². The Labute approximate surface area is 75.1 Å². The summed E-state index contributed by atoms with van der Waals surface area (Å²) in [4.78, 5) is 10.4. The van der Waals surface area contributed by atoms with Crippen LogP contribution in [0.4, 0.5) is 0 Å². The van der Waals surface area contributed by atoms with Gasteiger partial charge in [-0.15, -0.1) is 0 Å². The molecule has 0 saturated heterocycles. The van der Waals surface area contributed by atoms with Crippen LogP contribution in [0.3, 0.4) is 0 Å². The Kier molecular flexibility index (Phi) is 2.53. The molecule has 0 unspecified atom stereocenters. The van der Waals surface area contributed by atoms with Crippen molar-refractivity contribution in [3.8, 4) is 5.75 Å². The lowest BCUT2D eigenvalue weighted by molar-refractivity contribution is -0.146. The Morgan fingerprint density at radius 3 is 2.54 bits per heavy atom. The molecule has 0 fully saturated rings. The van der Waals surface area contributed by atoms with Gasteiger partial charge in [-0.05, 0) is 30.2 Å². The molecule has 4 nitrogen and oxygen atoms in total. The number of hydrogen-bond acceptors (Lipinski definition) is 3. The van der Waals surface area contributed by atoms with Crippen LogP contribution in [0.5, 0.6) is 5.75 Å². The van der Waals surface area contributed by atoms with Gasteiger partial charge in [-0.1, -0.05) is 6.07 Å². The average molecular weight is 182 g/mol. The second-order valence-corrected chi connectivity index (χ2v) is 2.79. The number of carbonyl (C=O) groups is 1. The molecule has 0 aliphatic carbocycles. The largest absolute Gasteiger partial charge is 0.508 e. The van der Waals surface area contributed by atoms with E-state index < -0.39 is 12.1 Å². The number of phenolic OH excluding ortho intramolecular Hbond substituents is 1. The van der Waals surface area contributed by atoms with Crippen molar-refractivity contribution in [2.75, 3.05) is 0 Å². The molecular formula is C9H10O4. The number of hydrogen-bond donors (Lipinski definition) is 3. The molecule has 0 aromatic heterocycles. The average Bonchev–Trinajstić information content (AvgIpc) is 2.08. The van der Waals surface area contributed by atoms with E-state index in [1.807, 2.05) is 0 Å². The predicted octanol–water partition coefficient (Wildman–Crippen LogP) is 0.819. The second kappa shape index (κ2) is 3.45. The molecule has 1 atom stereocenters. The Balaban J connectivity index is 3.03. The number of carboxylic acid groups (broad SMARTS) is 1. The van der Waals surface area contributed by atoms with Gasteiger partial charge in [-0.3, -0.25) is 0 Å². The van der Waals surface area contributed by atoms with Gasteiger partial charge in [0.05, 0.1) is 0 Å². The first kappa shape index (κ1) is 9.54. The number of aliphatic carboxylic acids is 1. The van der Waals surface area contributed by atoms with E-state index in [1.54, 1.807) is 6.92 Å². The van der Waals surface area contributed by atoms with Gasteiger partial charge in [0.15, 0.2) is 6.10 Å². The SMILES string of the molecule is Cc1cc([C@@H](O)C(=O)O)ccc1O. The maximum atomic E-state index is 10.4. The Bertz CT molecular complexity index is 332. The van der Waals surface area contributed by atoms with Crippen molar-refractivity contribution in [3.63, 3.8) is 0 Å². The Morgan fingerprint density at radius 1 is 1.46 bits per heavy atom. The van der Waals surface area contributed by atoms with Crippen LogP contribution in [0.25, 0.3) is 0 Å². The number of rotatable bonds is 2. The van der Waals surface area contributed by atoms with Gasteiger partial charge in [-0.2, -0.15) is 0 Å². The summed E-state index contributed by atoms with van der Waals surface area (Å²) in [7, 11) is 0. The van der Waals surface area contributed by atoms with Gasteiger partial charge in [0.25, 0.3) is 0 Å². The van der Waals surface area contributed by atoms with Gasteiger partial charge in [-0.25, -0.2) is 4.79 Å². The zero-order valence-electron chi connectivity index (χ0n) is 7.06. The topological polar surface area (TPSA) is 77.8 Å². The van der Waals surface area contributed by atoms with E-state index >= 15 is 0 Å². The first-order valence-corrected chi connectivity index (χ1v) is 3.72. The molecule has 13 heavy (non-hydrogen) atoms. The molecular weight excluding hydrogens is 172 g/mol. The van der Waals surface area contributed by atoms with Crippen LogP contribution in [0, 0.1) is 6.92 Å². The fraction of sp³-hybridized carbons (Fsp3) is 0.222. The molecule has 1 aromatic rings. The van der Waals surface area contributed by atoms with Crippen LogP contribution in [0.1, 0.15) is 17.2 Å². The predicted molar refractivity (Wildman–Crippen MR) is 45.4 cm³/mol. The van der Waals surface area contributed by atoms with Crippen molar-refractivity contribution < 1.29 is 20.1 Å². The molecule has 0 amide bonds. The standard InChI is InChI=1S/C9H10O4/c1-5-4-6(2-3-7(5)10)8(11)9(12)13/h2-4,8,10-11H,1H3,(H,12,13)/t8-/m1/s1. The third-order valence-corrected chi connectivity index (χ3v) is 1.77. The molecule has 1 rings (SSSR count). The lowest BCUT2D eigenvalue weighted by Crippen LogP contribution is -2.10. The highest BCUT2D eigenvalue weighted by atomic mass is 16.4. The van der Waals surface area contributed by atoms with E-state index in [2.05, 4.69) is 0 Å². The fourth-order valence-corrected chi connectivity index (χ4v) is 0.991. The summed E-state index contributed by atoms with van der Waals surface area (Å²) in [5.74, 6) is -1.22. The smallest absolute Gasteiger partial charge is 0.337 e. The maximum Gasteiger partial charge on any atom is 0.337 e. The summed E-state index contributed by atoms with van der Waals surface area (Å²) in [5.41, 5.74) is 0.806. The molecule has 0 saturated carbocycles. The molecule has 0 spiro atoms. The summed E-state index contributed by atoms with van der Waals surface area (Å²) in [6.45, 7) is 1.63. The number of aliphatic hydroxyl groups excluding tert-OH is 1. The minimum absolute atomic E-state index is 0.0846. The van der Waals surface area contributed by atoms with Crippen LogP contribution < -0.4 is 0 Å². The van der Waals surface area contributed by atoms with Gasteiger partial charge in [0, 0.05) is 0 Å². The monoisotopic (exact) mass is 182 g/mol. The van der Waals surface area contributed by atoms with Crippen molar-refractivity contribution in [2.24, 2.45) is 0 Å². The minimum atomic E-state index is -1.53. The molecule has 0 bridgehead atoms. The van der Waals surface area contributed by atoms with E-state index in [4.69, 9.17) is 15.3 Å². The molecule has 0 aliphatic heterocycles. The van der Waals surface area contributed by atoms with Crippen molar-refractivity contribution >= 4 is 5.97 Å². The first-order chi connectivity index (χ1) is 6.02. The highest BCUT2D eigenvalue weighted by molar-refractivity contribution is 5.74. The number of phenols is 1. The summed E-state index contributed by atoms with van der Waals surface area (Å²) in [6, 6.07) is 4.17. The molecule has 3 N–H and O–H groups in total. The quantitative estimate of drug-likeness (QED) is 0.632. The van der Waals surface area contributed by atoms with E-state index in [-0.39, 0.29) is 11.3 Å². The van der Waals surface area contributed by atoms with Crippen LogP contribution >= 0.6 is 0 Å². The van der Waals surface area contributed by atoms with E-state index in [1.165, 1.54) is 18.2 Å². The lowest BCUT2D eigenvalue weighted by atomic mass is 10.1. The molecule has 0 heterocycles. The summed E-state index contributed by atoms with van der Waals surface area (Å²) < 4.78 is 0. The van der Waals surface area contributed by atoms with Crippen molar-refractivity contribution in [1.82, 2.24) is 0 Å². The Hall–Kier alpha value is -1.55. The number of aryl methyl sites for hydroxylation is 1.